The molecule has 0 aliphatic carbocycles. The first-order chi connectivity index (χ1) is 8.04. The Hall–Kier alpha value is -0.570. The van der Waals surface area contributed by atoms with Crippen molar-refractivity contribution in [1.82, 2.24) is 0 Å². The summed E-state index contributed by atoms with van der Waals surface area (Å²) in [5, 5.41) is 0.932. The topological polar surface area (TPSA) is 9.23 Å². The summed E-state index contributed by atoms with van der Waals surface area (Å²) in [7, 11) is 1.48. The lowest BCUT2D eigenvalue weighted by Crippen LogP contribution is -2.21. The Morgan fingerprint density at radius 3 is 2.59 bits per heavy atom. The van der Waals surface area contributed by atoms with E-state index in [2.05, 4.69) is 29.8 Å². The Morgan fingerprint density at radius 1 is 1.41 bits per heavy atom. The average molecular weight is 303 g/mol. The van der Waals surface area contributed by atoms with Gasteiger partial charge in [-0.05, 0) is 36.0 Å². The molecule has 0 saturated heterocycles. The molecule has 17 heavy (non-hydrogen) atoms. The standard InChI is InChI=1S/C14H20BrFO/c1-4-7-14(2,10-15)9-11-5-6-13(17-3)12(16)8-11/h5-6,8H,4,7,9-10H2,1-3H3. The van der Waals surface area contributed by atoms with Gasteiger partial charge in [-0.1, -0.05) is 42.3 Å². The van der Waals surface area contributed by atoms with Crippen LogP contribution in [-0.4, -0.2) is 12.4 Å². The normalized spacial score (nSPS) is 14.4. The first-order valence-corrected chi connectivity index (χ1v) is 7.05. The van der Waals surface area contributed by atoms with Crippen LogP contribution in [0.25, 0.3) is 0 Å². The molecule has 0 aromatic heterocycles. The van der Waals surface area contributed by atoms with Crippen molar-refractivity contribution in [2.75, 3.05) is 12.4 Å². The molecule has 1 atom stereocenters. The molecule has 0 N–H and O–H groups in total. The summed E-state index contributed by atoms with van der Waals surface area (Å²) in [6.07, 6.45) is 3.15. The zero-order valence-corrected chi connectivity index (χ0v) is 12.3. The van der Waals surface area contributed by atoms with Crippen LogP contribution >= 0.6 is 15.9 Å². The van der Waals surface area contributed by atoms with Crippen molar-refractivity contribution in [3.05, 3.63) is 29.6 Å². The molecule has 0 heterocycles. The van der Waals surface area contributed by atoms with Gasteiger partial charge in [0.25, 0.3) is 0 Å². The van der Waals surface area contributed by atoms with Gasteiger partial charge >= 0.3 is 0 Å². The lowest BCUT2D eigenvalue weighted by atomic mass is 9.82. The zero-order valence-electron chi connectivity index (χ0n) is 10.7. The lowest BCUT2D eigenvalue weighted by Gasteiger charge is -2.27. The van der Waals surface area contributed by atoms with Crippen molar-refractivity contribution in [3.63, 3.8) is 0 Å². The molecule has 96 valence electrons. The molecule has 1 aromatic rings. The summed E-state index contributed by atoms with van der Waals surface area (Å²) in [5.74, 6) is 0.0307. The van der Waals surface area contributed by atoms with Crippen LogP contribution in [0.1, 0.15) is 32.3 Å². The molecule has 0 amide bonds. The van der Waals surface area contributed by atoms with E-state index >= 15 is 0 Å². The van der Waals surface area contributed by atoms with Gasteiger partial charge in [-0.15, -0.1) is 0 Å². The highest BCUT2D eigenvalue weighted by atomic mass is 79.9. The van der Waals surface area contributed by atoms with Crippen molar-refractivity contribution in [3.8, 4) is 5.75 Å². The van der Waals surface area contributed by atoms with E-state index in [1.165, 1.54) is 7.11 Å². The molecule has 0 aliphatic heterocycles. The van der Waals surface area contributed by atoms with Crippen LogP contribution in [0.4, 0.5) is 4.39 Å². The number of alkyl halides is 1. The van der Waals surface area contributed by atoms with Crippen molar-refractivity contribution in [1.29, 1.82) is 0 Å². The van der Waals surface area contributed by atoms with Crippen molar-refractivity contribution < 1.29 is 9.13 Å². The van der Waals surface area contributed by atoms with E-state index in [-0.39, 0.29) is 11.2 Å². The number of ether oxygens (including phenoxy) is 1. The largest absolute Gasteiger partial charge is 0.494 e. The molecule has 0 bridgehead atoms. The third kappa shape index (κ3) is 3.98. The van der Waals surface area contributed by atoms with Gasteiger partial charge in [0.15, 0.2) is 11.6 Å². The smallest absolute Gasteiger partial charge is 0.165 e. The minimum Gasteiger partial charge on any atom is -0.494 e. The van der Waals surface area contributed by atoms with Gasteiger partial charge in [-0.3, -0.25) is 0 Å². The highest BCUT2D eigenvalue weighted by molar-refractivity contribution is 9.09. The zero-order chi connectivity index (χ0) is 12.9. The second-order valence-electron chi connectivity index (χ2n) is 4.84. The van der Waals surface area contributed by atoms with E-state index in [4.69, 9.17) is 4.74 Å². The molecule has 1 nitrogen and oxygen atoms in total. The molecular formula is C14H20BrFO. The Morgan fingerprint density at radius 2 is 2.12 bits per heavy atom. The van der Waals surface area contributed by atoms with Gasteiger partial charge in [-0.2, -0.15) is 0 Å². The second-order valence-corrected chi connectivity index (χ2v) is 5.40. The van der Waals surface area contributed by atoms with Gasteiger partial charge in [0.1, 0.15) is 0 Å². The summed E-state index contributed by atoms with van der Waals surface area (Å²) in [4.78, 5) is 0. The lowest BCUT2D eigenvalue weighted by molar-refractivity contribution is 0.338. The highest BCUT2D eigenvalue weighted by Gasteiger charge is 2.22. The van der Waals surface area contributed by atoms with Crippen LogP contribution in [-0.2, 0) is 6.42 Å². The van der Waals surface area contributed by atoms with Crippen LogP contribution in [0.3, 0.4) is 0 Å². The SMILES string of the molecule is CCCC(C)(CBr)Cc1ccc(OC)c(F)c1. The number of rotatable bonds is 6. The summed E-state index contributed by atoms with van der Waals surface area (Å²) >= 11 is 3.56. The Labute approximate surface area is 111 Å². The highest BCUT2D eigenvalue weighted by Crippen LogP contribution is 2.31. The maximum Gasteiger partial charge on any atom is 0.165 e. The minimum absolute atomic E-state index is 0.190. The van der Waals surface area contributed by atoms with Gasteiger partial charge in [0, 0.05) is 5.33 Å². The molecule has 0 fully saturated rings. The maximum absolute atomic E-state index is 13.6. The molecule has 1 rings (SSSR count). The molecule has 3 heteroatoms. The van der Waals surface area contributed by atoms with Crippen molar-refractivity contribution in [2.24, 2.45) is 5.41 Å². The van der Waals surface area contributed by atoms with E-state index in [9.17, 15) is 4.39 Å². The summed E-state index contributed by atoms with van der Waals surface area (Å²) < 4.78 is 18.5. The minimum atomic E-state index is -0.279. The first-order valence-electron chi connectivity index (χ1n) is 5.93. The predicted molar refractivity (Wildman–Crippen MR) is 73.5 cm³/mol. The molecule has 1 aromatic carbocycles. The fourth-order valence-electron chi connectivity index (χ4n) is 2.12. The molecular weight excluding hydrogens is 283 g/mol. The molecule has 0 radical (unpaired) electrons. The van der Waals surface area contributed by atoms with Gasteiger partial charge in [0.2, 0.25) is 0 Å². The molecule has 0 saturated carbocycles. The molecule has 1 unspecified atom stereocenters. The third-order valence-electron chi connectivity index (χ3n) is 3.02. The van der Waals surface area contributed by atoms with E-state index < -0.39 is 0 Å². The Kier molecular flexibility index (Phi) is 5.44. The third-order valence-corrected chi connectivity index (χ3v) is 4.38. The van der Waals surface area contributed by atoms with E-state index in [1.54, 1.807) is 12.1 Å². The van der Waals surface area contributed by atoms with E-state index in [0.717, 1.165) is 30.2 Å². The van der Waals surface area contributed by atoms with Gasteiger partial charge in [0.05, 0.1) is 7.11 Å². The van der Waals surface area contributed by atoms with Crippen LogP contribution in [0.2, 0.25) is 0 Å². The number of methoxy groups -OCH3 is 1. The van der Waals surface area contributed by atoms with Gasteiger partial charge in [-0.25, -0.2) is 4.39 Å². The maximum atomic E-state index is 13.6. The van der Waals surface area contributed by atoms with Crippen LogP contribution in [0.15, 0.2) is 18.2 Å². The number of hydrogen-bond acceptors (Lipinski definition) is 1. The van der Waals surface area contributed by atoms with Crippen molar-refractivity contribution >= 4 is 15.9 Å². The number of benzene rings is 1. The molecule has 0 aliphatic rings. The first kappa shape index (κ1) is 14.5. The van der Waals surface area contributed by atoms with Gasteiger partial charge < -0.3 is 4.74 Å². The van der Waals surface area contributed by atoms with E-state index in [0.29, 0.717) is 5.75 Å². The fraction of sp³-hybridized carbons (Fsp3) is 0.571. The average Bonchev–Trinajstić information content (AvgIpc) is 2.29. The van der Waals surface area contributed by atoms with Crippen molar-refractivity contribution in [2.45, 2.75) is 33.1 Å². The van der Waals surface area contributed by atoms with Crippen LogP contribution in [0.5, 0.6) is 5.75 Å². The second kappa shape index (κ2) is 6.39. The summed E-state index contributed by atoms with van der Waals surface area (Å²) in [6, 6.07) is 5.22. The van der Waals surface area contributed by atoms with Crippen LogP contribution < -0.4 is 4.74 Å². The Bertz CT molecular complexity index is 367. The monoisotopic (exact) mass is 302 g/mol. The fourth-order valence-corrected chi connectivity index (χ4v) is 2.60. The quantitative estimate of drug-likeness (QED) is 0.699. The summed E-state index contributed by atoms with van der Waals surface area (Å²) in [6.45, 7) is 4.41. The number of hydrogen-bond donors (Lipinski definition) is 0. The predicted octanol–water partition coefficient (Wildman–Crippen LogP) is 4.58. The van der Waals surface area contributed by atoms with Crippen LogP contribution in [0, 0.1) is 11.2 Å². The Balaban J connectivity index is 2.83. The number of halogens is 2. The van der Waals surface area contributed by atoms with E-state index in [1.807, 2.05) is 6.07 Å². The summed E-state index contributed by atoms with van der Waals surface area (Å²) in [5.41, 5.74) is 1.22. The molecule has 0 spiro atoms.